The molecule has 0 spiro atoms. The van der Waals surface area contributed by atoms with Crippen molar-refractivity contribution in [3.8, 4) is 16.9 Å². The zero-order valence-electron chi connectivity index (χ0n) is 13.0. The summed E-state index contributed by atoms with van der Waals surface area (Å²) in [6.07, 6.45) is 2.27. The van der Waals surface area contributed by atoms with Crippen molar-refractivity contribution in [1.82, 2.24) is 0 Å². The number of hydrogen-bond donors (Lipinski definition) is 0. The van der Waals surface area contributed by atoms with Crippen LogP contribution in [-0.2, 0) is 0 Å². The first kappa shape index (κ1) is 14.4. The molecule has 0 N–H and O–H groups in total. The quantitative estimate of drug-likeness (QED) is 0.502. The molecule has 2 aliphatic carbocycles. The van der Waals surface area contributed by atoms with E-state index >= 15 is 0 Å². The van der Waals surface area contributed by atoms with Crippen LogP contribution in [0.5, 0.6) is 5.75 Å². The van der Waals surface area contributed by atoms with Gasteiger partial charge < -0.3 is 4.74 Å². The summed E-state index contributed by atoms with van der Waals surface area (Å²) >= 11 is 1.81. The van der Waals surface area contributed by atoms with Crippen LogP contribution in [0.2, 0.25) is 0 Å². The molecule has 0 saturated carbocycles. The van der Waals surface area contributed by atoms with Crippen molar-refractivity contribution in [3.63, 3.8) is 0 Å². The molecule has 0 fully saturated rings. The van der Waals surface area contributed by atoms with Gasteiger partial charge in [0.15, 0.2) is 0 Å². The van der Waals surface area contributed by atoms with Crippen LogP contribution in [0.4, 0.5) is 0 Å². The average molecular weight is 298 g/mol. The predicted octanol–water partition coefficient (Wildman–Crippen LogP) is 6.31. The summed E-state index contributed by atoms with van der Waals surface area (Å²) in [5.41, 5.74) is 3.94. The van der Waals surface area contributed by atoms with Crippen molar-refractivity contribution in [2.45, 2.75) is 39.5 Å². The zero-order chi connectivity index (χ0) is 14.8. The summed E-state index contributed by atoms with van der Waals surface area (Å²) in [4.78, 5) is 0. The van der Waals surface area contributed by atoms with E-state index in [1.54, 1.807) is 11.3 Å². The fourth-order valence-electron chi connectivity index (χ4n) is 2.69. The molecule has 1 aromatic heterocycles. The normalized spacial score (nSPS) is 11.6. The number of rotatable bonds is 5. The van der Waals surface area contributed by atoms with Crippen LogP contribution in [0.1, 0.15) is 45.1 Å². The number of fused-ring (bicyclic) bond motifs is 3. The minimum absolute atomic E-state index is 0.546. The predicted molar refractivity (Wildman–Crippen MR) is 92.9 cm³/mol. The van der Waals surface area contributed by atoms with Gasteiger partial charge in [-0.3, -0.25) is 0 Å². The van der Waals surface area contributed by atoms with Crippen molar-refractivity contribution >= 4 is 21.4 Å². The Kier molecular flexibility index (Phi) is 4.16. The highest BCUT2D eigenvalue weighted by Gasteiger charge is 2.19. The van der Waals surface area contributed by atoms with Gasteiger partial charge in [-0.1, -0.05) is 51.5 Å². The fraction of sp³-hybridized carbons (Fsp3) is 0.368. The van der Waals surface area contributed by atoms with Crippen LogP contribution in [0.15, 0.2) is 35.7 Å². The third kappa shape index (κ3) is 2.65. The van der Waals surface area contributed by atoms with E-state index in [4.69, 9.17) is 4.74 Å². The molecule has 0 atom stereocenters. The van der Waals surface area contributed by atoms with Gasteiger partial charge in [-0.15, -0.1) is 11.3 Å². The Labute approximate surface area is 130 Å². The van der Waals surface area contributed by atoms with Gasteiger partial charge in [-0.25, -0.2) is 0 Å². The molecule has 1 heterocycles. The second-order valence-corrected chi connectivity index (χ2v) is 6.76. The van der Waals surface area contributed by atoms with E-state index in [9.17, 15) is 0 Å². The van der Waals surface area contributed by atoms with Crippen molar-refractivity contribution in [1.29, 1.82) is 0 Å². The van der Waals surface area contributed by atoms with Gasteiger partial charge in [-0.05, 0) is 29.3 Å². The highest BCUT2D eigenvalue weighted by atomic mass is 32.1. The molecular formula is C19H22OS. The van der Waals surface area contributed by atoms with Gasteiger partial charge in [0, 0.05) is 21.2 Å². The lowest BCUT2D eigenvalue weighted by atomic mass is 10.1. The van der Waals surface area contributed by atoms with Crippen molar-refractivity contribution in [2.75, 3.05) is 6.61 Å². The molecule has 0 unspecified atom stereocenters. The Morgan fingerprint density at radius 1 is 1.05 bits per heavy atom. The molecule has 0 amide bonds. The molecule has 21 heavy (non-hydrogen) atoms. The Bertz CT molecular complexity index is 711. The van der Waals surface area contributed by atoms with E-state index < -0.39 is 0 Å². The number of ether oxygens (including phenoxy) is 1. The van der Waals surface area contributed by atoms with E-state index in [1.165, 1.54) is 26.8 Å². The maximum atomic E-state index is 6.12. The maximum Gasteiger partial charge on any atom is 0.135 e. The van der Waals surface area contributed by atoms with Gasteiger partial charge >= 0.3 is 0 Å². The topological polar surface area (TPSA) is 9.23 Å². The molecule has 2 heteroatoms. The average Bonchev–Trinajstić information content (AvgIpc) is 2.95. The molecule has 0 aromatic carbocycles. The van der Waals surface area contributed by atoms with Gasteiger partial charge in [0.2, 0.25) is 0 Å². The standard InChI is InChI=1S/C19H22OS/c1-4-5-11-20-18-15-8-6-14(13(2)3)7-9-16(15)19-17(18)10-12-21-19/h6-10,12-13H,4-5,11H2,1-3H3. The summed E-state index contributed by atoms with van der Waals surface area (Å²) in [5, 5.41) is 3.43. The lowest BCUT2D eigenvalue weighted by Gasteiger charge is -2.05. The SMILES string of the molecule is CCCCOc1c2ccc(C(C)C)ccc-2c2sccc12. The van der Waals surface area contributed by atoms with Gasteiger partial charge in [0.05, 0.1) is 6.61 Å². The van der Waals surface area contributed by atoms with Crippen LogP contribution in [0.25, 0.3) is 21.2 Å². The molecule has 1 aromatic rings. The first-order valence-corrected chi connectivity index (χ1v) is 8.66. The third-order valence-corrected chi connectivity index (χ3v) is 4.93. The second kappa shape index (κ2) is 6.07. The number of unbranched alkanes of at least 4 members (excludes halogenated alkanes) is 1. The molecule has 110 valence electrons. The number of thiophene rings is 1. The summed E-state index contributed by atoms with van der Waals surface area (Å²) in [6, 6.07) is 11.2. The van der Waals surface area contributed by atoms with Gasteiger partial charge in [0.1, 0.15) is 5.75 Å². The smallest absolute Gasteiger partial charge is 0.135 e. The highest BCUT2D eigenvalue weighted by Crippen LogP contribution is 2.47. The molecule has 0 bridgehead atoms. The highest BCUT2D eigenvalue weighted by molar-refractivity contribution is 7.18. The Balaban J connectivity index is 2.12. The third-order valence-electron chi connectivity index (χ3n) is 3.99. The molecule has 0 saturated heterocycles. The van der Waals surface area contributed by atoms with Crippen LogP contribution in [0, 0.1) is 0 Å². The minimum atomic E-state index is 0.546. The fourth-order valence-corrected chi connectivity index (χ4v) is 3.62. The number of hydrogen-bond acceptors (Lipinski definition) is 2. The van der Waals surface area contributed by atoms with Crippen LogP contribution < -0.4 is 4.74 Å². The Morgan fingerprint density at radius 2 is 1.81 bits per heavy atom. The minimum Gasteiger partial charge on any atom is -0.492 e. The van der Waals surface area contributed by atoms with Gasteiger partial charge in [0.25, 0.3) is 0 Å². The van der Waals surface area contributed by atoms with E-state index in [2.05, 4.69) is 56.5 Å². The van der Waals surface area contributed by atoms with Crippen LogP contribution >= 0.6 is 11.3 Å². The summed E-state index contributed by atoms with van der Waals surface area (Å²) < 4.78 is 7.47. The van der Waals surface area contributed by atoms with E-state index in [1.807, 2.05) is 0 Å². The van der Waals surface area contributed by atoms with Crippen molar-refractivity contribution < 1.29 is 4.74 Å². The zero-order valence-corrected chi connectivity index (χ0v) is 13.8. The van der Waals surface area contributed by atoms with Crippen LogP contribution in [0.3, 0.4) is 0 Å². The Morgan fingerprint density at radius 3 is 2.52 bits per heavy atom. The largest absolute Gasteiger partial charge is 0.492 e. The van der Waals surface area contributed by atoms with Crippen molar-refractivity contribution in [2.24, 2.45) is 0 Å². The maximum absolute atomic E-state index is 6.12. The summed E-state index contributed by atoms with van der Waals surface area (Å²) in [6.45, 7) is 7.47. The van der Waals surface area contributed by atoms with Crippen molar-refractivity contribution in [3.05, 3.63) is 41.3 Å². The summed E-state index contributed by atoms with van der Waals surface area (Å²) in [7, 11) is 0. The summed E-state index contributed by atoms with van der Waals surface area (Å²) in [5.74, 6) is 1.62. The monoisotopic (exact) mass is 298 g/mol. The van der Waals surface area contributed by atoms with E-state index in [-0.39, 0.29) is 0 Å². The molecule has 0 radical (unpaired) electrons. The first-order valence-electron chi connectivity index (χ1n) is 7.78. The van der Waals surface area contributed by atoms with E-state index in [0.717, 1.165) is 25.2 Å². The second-order valence-electron chi connectivity index (χ2n) is 5.84. The first-order chi connectivity index (χ1) is 10.2. The lowest BCUT2D eigenvalue weighted by molar-refractivity contribution is 0.315. The van der Waals surface area contributed by atoms with Gasteiger partial charge in [-0.2, -0.15) is 0 Å². The molecule has 0 aliphatic heterocycles. The molecular weight excluding hydrogens is 276 g/mol. The molecule has 2 aliphatic rings. The van der Waals surface area contributed by atoms with Crippen LogP contribution in [-0.4, -0.2) is 6.61 Å². The molecule has 1 nitrogen and oxygen atoms in total. The molecule has 3 rings (SSSR count). The lowest BCUT2D eigenvalue weighted by Crippen LogP contribution is -1.96. The Hall–Kier alpha value is -1.54. The van der Waals surface area contributed by atoms with E-state index in [0.29, 0.717) is 5.92 Å².